The molecule has 2 atom stereocenters. The van der Waals surface area contributed by atoms with Crippen molar-refractivity contribution >= 4 is 29.2 Å². The molecule has 0 saturated heterocycles. The molecule has 1 aliphatic rings. The van der Waals surface area contributed by atoms with Crippen LogP contribution in [0, 0.1) is 12.7 Å². The van der Waals surface area contributed by atoms with Crippen LogP contribution >= 0.6 is 11.6 Å². The Labute approximate surface area is 200 Å². The number of nitrogens with one attached hydrogen (secondary N) is 2. The second-order valence-corrected chi connectivity index (χ2v) is 8.51. The molecule has 4 aromatic rings. The lowest BCUT2D eigenvalue weighted by atomic mass is 9.82. The van der Waals surface area contributed by atoms with Gasteiger partial charge in [0.25, 0.3) is 5.91 Å². The summed E-state index contributed by atoms with van der Waals surface area (Å²) in [6.07, 6.45) is 0. The van der Waals surface area contributed by atoms with Crippen molar-refractivity contribution in [2.75, 3.05) is 5.32 Å². The lowest BCUT2D eigenvalue weighted by Gasteiger charge is -2.32. The number of aryl methyl sites for hydroxylation is 1. The summed E-state index contributed by atoms with van der Waals surface area (Å²) in [4.78, 5) is 26.4. The Morgan fingerprint density at radius 1 is 1.06 bits per heavy atom. The minimum absolute atomic E-state index is 0.334. The first-order valence-electron chi connectivity index (χ1n) is 10.7. The SMILES string of the molecule is Cc1nn(-c2ccccc2)c2c1[C@@H](c1ccc(F)cc1)[C@H](NC(=O)c1cccc(Cl)c1)C(=O)N2. The van der Waals surface area contributed by atoms with Crippen LogP contribution in [0.5, 0.6) is 0 Å². The first kappa shape index (κ1) is 21.9. The van der Waals surface area contributed by atoms with E-state index in [-0.39, 0.29) is 5.82 Å². The molecule has 1 aromatic heterocycles. The number of hydrogen-bond acceptors (Lipinski definition) is 3. The van der Waals surface area contributed by atoms with Crippen LogP contribution in [-0.2, 0) is 4.79 Å². The normalized spacial score (nSPS) is 17.1. The van der Waals surface area contributed by atoms with Gasteiger partial charge in [-0.05, 0) is 55.0 Å². The third-order valence-electron chi connectivity index (χ3n) is 5.88. The van der Waals surface area contributed by atoms with Gasteiger partial charge in [-0.2, -0.15) is 5.10 Å². The van der Waals surface area contributed by atoms with Crippen molar-refractivity contribution in [3.63, 3.8) is 0 Å². The van der Waals surface area contributed by atoms with E-state index in [1.54, 1.807) is 35.0 Å². The molecule has 2 heterocycles. The molecule has 8 heteroatoms. The summed E-state index contributed by atoms with van der Waals surface area (Å²) in [5.41, 5.74) is 3.25. The minimum atomic E-state index is -0.948. The zero-order valence-corrected chi connectivity index (χ0v) is 18.9. The summed E-state index contributed by atoms with van der Waals surface area (Å²) >= 11 is 6.04. The van der Waals surface area contributed by atoms with Crippen molar-refractivity contribution in [2.45, 2.75) is 18.9 Å². The van der Waals surface area contributed by atoms with Crippen molar-refractivity contribution < 1.29 is 14.0 Å². The third kappa shape index (κ3) is 3.95. The number of hydrogen-bond donors (Lipinski definition) is 2. The van der Waals surface area contributed by atoms with Gasteiger partial charge in [0.15, 0.2) is 0 Å². The smallest absolute Gasteiger partial charge is 0.252 e. The Kier molecular flexibility index (Phi) is 5.63. The fourth-order valence-electron chi connectivity index (χ4n) is 4.33. The summed E-state index contributed by atoms with van der Waals surface area (Å²) < 4.78 is 15.4. The molecule has 0 fully saturated rings. The Morgan fingerprint density at radius 3 is 2.50 bits per heavy atom. The Bertz CT molecular complexity index is 1390. The van der Waals surface area contributed by atoms with E-state index < -0.39 is 23.8 Å². The van der Waals surface area contributed by atoms with E-state index in [9.17, 15) is 14.0 Å². The van der Waals surface area contributed by atoms with Gasteiger partial charge in [-0.1, -0.05) is 48.0 Å². The average molecular weight is 475 g/mol. The fourth-order valence-corrected chi connectivity index (χ4v) is 4.52. The zero-order chi connectivity index (χ0) is 23.8. The molecule has 5 rings (SSSR count). The second-order valence-electron chi connectivity index (χ2n) is 8.07. The quantitative estimate of drug-likeness (QED) is 0.443. The highest BCUT2D eigenvalue weighted by atomic mass is 35.5. The van der Waals surface area contributed by atoms with Crippen LogP contribution < -0.4 is 10.6 Å². The molecule has 0 bridgehead atoms. The summed E-state index contributed by atoms with van der Waals surface area (Å²) in [7, 11) is 0. The van der Waals surface area contributed by atoms with Gasteiger partial charge in [0.05, 0.1) is 11.4 Å². The van der Waals surface area contributed by atoms with Gasteiger partial charge in [-0.15, -0.1) is 0 Å². The Hall–Kier alpha value is -3.97. The number of fused-ring (bicyclic) bond motifs is 1. The van der Waals surface area contributed by atoms with Crippen LogP contribution in [-0.4, -0.2) is 27.6 Å². The molecule has 3 aromatic carbocycles. The van der Waals surface area contributed by atoms with Crippen molar-refractivity contribution in [1.29, 1.82) is 0 Å². The van der Waals surface area contributed by atoms with E-state index in [0.29, 0.717) is 27.7 Å². The molecule has 34 heavy (non-hydrogen) atoms. The number of amides is 2. The standard InChI is InChI=1S/C26H20ClFN4O2/c1-15-21-22(16-10-12-19(28)13-11-16)23(29-25(33)17-6-5-7-18(27)14-17)26(34)30-24(21)32(31-15)20-8-3-2-4-9-20/h2-14,22-23H,1H3,(H,29,33)(H,30,34)/t22-,23+/m1/s1. The molecule has 2 N–H and O–H groups in total. The average Bonchev–Trinajstić information content (AvgIpc) is 3.16. The summed E-state index contributed by atoms with van der Waals surface area (Å²) in [5.74, 6) is -1.28. The Balaban J connectivity index is 1.62. The molecule has 0 aliphatic carbocycles. The maximum Gasteiger partial charge on any atom is 0.252 e. The number of carbonyl (C=O) groups excluding carboxylic acids is 2. The topological polar surface area (TPSA) is 76.0 Å². The number of benzene rings is 3. The zero-order valence-electron chi connectivity index (χ0n) is 18.1. The molecule has 0 saturated carbocycles. The van der Waals surface area contributed by atoms with Crippen LogP contribution in [0.2, 0.25) is 5.02 Å². The predicted octanol–water partition coefficient (Wildman–Crippen LogP) is 4.86. The lowest BCUT2D eigenvalue weighted by molar-refractivity contribution is -0.118. The highest BCUT2D eigenvalue weighted by molar-refractivity contribution is 6.31. The predicted molar refractivity (Wildman–Crippen MR) is 128 cm³/mol. The molecule has 0 unspecified atom stereocenters. The molecule has 0 spiro atoms. The first-order valence-corrected chi connectivity index (χ1v) is 11.1. The van der Waals surface area contributed by atoms with Crippen molar-refractivity contribution in [1.82, 2.24) is 15.1 Å². The first-order chi connectivity index (χ1) is 16.4. The lowest BCUT2D eigenvalue weighted by Crippen LogP contribution is -2.50. The van der Waals surface area contributed by atoms with Gasteiger partial charge in [0.1, 0.15) is 17.7 Å². The van der Waals surface area contributed by atoms with E-state index in [1.807, 2.05) is 37.3 Å². The van der Waals surface area contributed by atoms with E-state index in [1.165, 1.54) is 18.2 Å². The number of anilines is 1. The molecular formula is C26H20ClFN4O2. The molecule has 2 amide bonds. The van der Waals surface area contributed by atoms with Crippen molar-refractivity contribution in [2.24, 2.45) is 0 Å². The van der Waals surface area contributed by atoms with Gasteiger partial charge in [-0.3, -0.25) is 9.59 Å². The van der Waals surface area contributed by atoms with Crippen molar-refractivity contribution in [3.05, 3.63) is 112 Å². The van der Waals surface area contributed by atoms with Gasteiger partial charge in [0, 0.05) is 22.1 Å². The number of nitrogens with zero attached hydrogens (tertiary/aromatic N) is 2. The van der Waals surface area contributed by atoms with Gasteiger partial charge >= 0.3 is 0 Å². The fraction of sp³-hybridized carbons (Fsp3) is 0.115. The highest BCUT2D eigenvalue weighted by Gasteiger charge is 2.41. The molecule has 170 valence electrons. The van der Waals surface area contributed by atoms with Gasteiger partial charge in [-0.25, -0.2) is 9.07 Å². The van der Waals surface area contributed by atoms with Crippen LogP contribution in [0.3, 0.4) is 0 Å². The number of para-hydroxylation sites is 1. The van der Waals surface area contributed by atoms with Crippen LogP contribution in [0.1, 0.15) is 33.1 Å². The van der Waals surface area contributed by atoms with Crippen LogP contribution in [0.15, 0.2) is 78.9 Å². The van der Waals surface area contributed by atoms with E-state index in [4.69, 9.17) is 11.6 Å². The number of aromatic nitrogens is 2. The monoisotopic (exact) mass is 474 g/mol. The molecule has 0 radical (unpaired) electrons. The van der Waals surface area contributed by atoms with Crippen LogP contribution in [0.4, 0.5) is 10.2 Å². The Morgan fingerprint density at radius 2 is 1.79 bits per heavy atom. The van der Waals surface area contributed by atoms with E-state index in [0.717, 1.165) is 11.3 Å². The minimum Gasteiger partial charge on any atom is -0.339 e. The van der Waals surface area contributed by atoms with Crippen molar-refractivity contribution in [3.8, 4) is 5.69 Å². The molecule has 1 aliphatic heterocycles. The summed E-state index contributed by atoms with van der Waals surface area (Å²) in [5, 5.41) is 10.9. The summed E-state index contributed by atoms with van der Waals surface area (Å²) in [6.45, 7) is 1.85. The largest absolute Gasteiger partial charge is 0.339 e. The number of halogens is 2. The third-order valence-corrected chi connectivity index (χ3v) is 6.11. The van der Waals surface area contributed by atoms with Crippen LogP contribution in [0.25, 0.3) is 5.69 Å². The maximum absolute atomic E-state index is 13.7. The second kappa shape index (κ2) is 8.76. The molecule has 6 nitrogen and oxygen atoms in total. The highest BCUT2D eigenvalue weighted by Crippen LogP contribution is 2.40. The maximum atomic E-state index is 13.7. The number of rotatable bonds is 4. The molecular weight excluding hydrogens is 455 g/mol. The summed E-state index contributed by atoms with van der Waals surface area (Å²) in [6, 6.07) is 20.9. The van der Waals surface area contributed by atoms with E-state index in [2.05, 4.69) is 15.7 Å². The van der Waals surface area contributed by atoms with E-state index >= 15 is 0 Å². The van der Waals surface area contributed by atoms with Gasteiger partial charge in [0.2, 0.25) is 5.91 Å². The van der Waals surface area contributed by atoms with Gasteiger partial charge < -0.3 is 10.6 Å². The number of carbonyl (C=O) groups is 2.